The lowest BCUT2D eigenvalue weighted by atomic mass is 9.90. The Morgan fingerprint density at radius 2 is 1.90 bits per heavy atom. The van der Waals surface area contributed by atoms with Gasteiger partial charge in [-0.25, -0.2) is 8.78 Å². The number of alkyl halides is 2. The molecule has 1 aromatic carbocycles. The van der Waals surface area contributed by atoms with Gasteiger partial charge >= 0.3 is 0 Å². The third kappa shape index (κ3) is 4.55. The standard InChI is InChI=1S/C15H21F2N3/c1-12(2)19-15(10-18,11-20(3)9-14(16)17)13-7-5-4-6-8-13/h4-8,12,14,19H,9,11H2,1-3H3. The lowest BCUT2D eigenvalue weighted by Crippen LogP contribution is -2.52. The fourth-order valence-corrected chi connectivity index (χ4v) is 2.27. The SMILES string of the molecule is CC(C)NC(C#N)(CN(C)CC(F)F)c1ccccc1. The van der Waals surface area contributed by atoms with Crippen molar-refractivity contribution in [3.63, 3.8) is 0 Å². The Labute approximate surface area is 119 Å². The maximum Gasteiger partial charge on any atom is 0.251 e. The van der Waals surface area contributed by atoms with Crippen molar-refractivity contribution < 1.29 is 8.78 Å². The van der Waals surface area contributed by atoms with Crippen LogP contribution in [0.15, 0.2) is 30.3 Å². The van der Waals surface area contributed by atoms with Gasteiger partial charge in [0.1, 0.15) is 5.54 Å². The molecular formula is C15H21F2N3. The van der Waals surface area contributed by atoms with E-state index in [1.165, 1.54) is 4.90 Å². The van der Waals surface area contributed by atoms with Crippen LogP contribution in [0.4, 0.5) is 8.78 Å². The summed E-state index contributed by atoms with van der Waals surface area (Å²) in [6.45, 7) is 3.72. The zero-order valence-electron chi connectivity index (χ0n) is 12.1. The highest BCUT2D eigenvalue weighted by Gasteiger charge is 2.34. The van der Waals surface area contributed by atoms with Crippen molar-refractivity contribution in [1.29, 1.82) is 5.26 Å². The Morgan fingerprint density at radius 1 is 1.30 bits per heavy atom. The van der Waals surface area contributed by atoms with E-state index in [1.807, 2.05) is 44.2 Å². The van der Waals surface area contributed by atoms with Gasteiger partial charge in [-0.15, -0.1) is 0 Å². The van der Waals surface area contributed by atoms with E-state index in [0.29, 0.717) is 0 Å². The second kappa shape index (κ2) is 7.32. The first-order valence-electron chi connectivity index (χ1n) is 6.61. The topological polar surface area (TPSA) is 39.1 Å². The Morgan fingerprint density at radius 3 is 2.35 bits per heavy atom. The average Bonchev–Trinajstić information content (AvgIpc) is 2.37. The van der Waals surface area contributed by atoms with Crippen molar-refractivity contribution in [3.8, 4) is 6.07 Å². The number of hydrogen-bond acceptors (Lipinski definition) is 3. The number of rotatable bonds is 7. The molecule has 0 heterocycles. The second-order valence-electron chi connectivity index (χ2n) is 5.27. The van der Waals surface area contributed by atoms with Crippen LogP contribution in [0.2, 0.25) is 0 Å². The Bertz CT molecular complexity index is 442. The molecule has 0 bridgehead atoms. The van der Waals surface area contributed by atoms with Crippen molar-refractivity contribution in [2.75, 3.05) is 20.1 Å². The highest BCUT2D eigenvalue weighted by Crippen LogP contribution is 2.22. The summed E-state index contributed by atoms with van der Waals surface area (Å²) in [7, 11) is 1.60. The van der Waals surface area contributed by atoms with Crippen LogP contribution in [0.5, 0.6) is 0 Å². The van der Waals surface area contributed by atoms with Crippen LogP contribution in [-0.4, -0.2) is 37.5 Å². The second-order valence-corrected chi connectivity index (χ2v) is 5.27. The minimum absolute atomic E-state index is 0.0646. The number of benzene rings is 1. The smallest absolute Gasteiger partial charge is 0.251 e. The molecule has 0 aliphatic rings. The lowest BCUT2D eigenvalue weighted by Gasteiger charge is -2.34. The molecule has 3 nitrogen and oxygen atoms in total. The maximum atomic E-state index is 12.5. The van der Waals surface area contributed by atoms with Gasteiger partial charge in [-0.3, -0.25) is 10.2 Å². The zero-order valence-corrected chi connectivity index (χ0v) is 12.1. The van der Waals surface area contributed by atoms with Gasteiger partial charge in [0, 0.05) is 12.6 Å². The molecule has 1 aromatic rings. The van der Waals surface area contributed by atoms with E-state index in [2.05, 4.69) is 11.4 Å². The van der Waals surface area contributed by atoms with Crippen LogP contribution in [0.3, 0.4) is 0 Å². The minimum Gasteiger partial charge on any atom is -0.298 e. The molecule has 0 saturated heterocycles. The summed E-state index contributed by atoms with van der Waals surface area (Å²) in [5.74, 6) is 0. The first kappa shape index (κ1) is 16.5. The number of nitrogens with one attached hydrogen (secondary N) is 1. The summed E-state index contributed by atoms with van der Waals surface area (Å²) < 4.78 is 25.0. The van der Waals surface area contributed by atoms with Crippen molar-refractivity contribution in [2.24, 2.45) is 0 Å². The average molecular weight is 281 g/mol. The van der Waals surface area contributed by atoms with E-state index >= 15 is 0 Å². The number of nitriles is 1. The molecule has 110 valence electrons. The first-order chi connectivity index (χ1) is 9.39. The Kier molecular flexibility index (Phi) is 6.05. The molecule has 1 N–H and O–H groups in total. The molecule has 1 atom stereocenters. The summed E-state index contributed by atoms with van der Waals surface area (Å²) >= 11 is 0. The molecule has 0 spiro atoms. The van der Waals surface area contributed by atoms with Gasteiger partial charge in [-0.2, -0.15) is 5.26 Å². The lowest BCUT2D eigenvalue weighted by molar-refractivity contribution is 0.0894. The van der Waals surface area contributed by atoms with Gasteiger partial charge in [0.05, 0.1) is 12.6 Å². The molecular weight excluding hydrogens is 260 g/mol. The van der Waals surface area contributed by atoms with Gasteiger partial charge in [0.15, 0.2) is 0 Å². The highest BCUT2D eigenvalue weighted by atomic mass is 19.3. The molecule has 1 rings (SSSR count). The van der Waals surface area contributed by atoms with Crippen molar-refractivity contribution in [1.82, 2.24) is 10.2 Å². The molecule has 0 saturated carbocycles. The van der Waals surface area contributed by atoms with Crippen molar-refractivity contribution in [2.45, 2.75) is 31.9 Å². The maximum absolute atomic E-state index is 12.5. The van der Waals surface area contributed by atoms with Crippen molar-refractivity contribution >= 4 is 0 Å². The molecule has 20 heavy (non-hydrogen) atoms. The predicted molar refractivity (Wildman–Crippen MR) is 75.5 cm³/mol. The van der Waals surface area contributed by atoms with E-state index in [4.69, 9.17) is 0 Å². The van der Waals surface area contributed by atoms with E-state index in [9.17, 15) is 14.0 Å². The van der Waals surface area contributed by atoms with Gasteiger partial charge in [0.25, 0.3) is 6.43 Å². The van der Waals surface area contributed by atoms with E-state index in [-0.39, 0.29) is 19.1 Å². The van der Waals surface area contributed by atoms with Gasteiger partial charge in [-0.1, -0.05) is 30.3 Å². The first-order valence-corrected chi connectivity index (χ1v) is 6.61. The predicted octanol–water partition coefficient (Wildman–Crippen LogP) is 2.60. The fraction of sp³-hybridized carbons (Fsp3) is 0.533. The van der Waals surface area contributed by atoms with Crippen molar-refractivity contribution in [3.05, 3.63) is 35.9 Å². The summed E-state index contributed by atoms with van der Waals surface area (Å²) in [5, 5.41) is 12.9. The molecule has 0 amide bonds. The van der Waals surface area contributed by atoms with Crippen LogP contribution >= 0.6 is 0 Å². The van der Waals surface area contributed by atoms with Gasteiger partial charge in [0.2, 0.25) is 0 Å². The number of halogens is 2. The van der Waals surface area contributed by atoms with Crippen LogP contribution < -0.4 is 5.32 Å². The minimum atomic E-state index is -2.41. The monoisotopic (exact) mass is 281 g/mol. The summed E-state index contributed by atoms with van der Waals surface area (Å²) in [4.78, 5) is 1.48. The molecule has 0 fully saturated rings. The normalized spacial score (nSPS) is 14.6. The summed E-state index contributed by atoms with van der Waals surface area (Å²) in [6.07, 6.45) is -2.41. The number of likely N-dealkylation sites (N-methyl/N-ethyl adjacent to an activating group) is 1. The zero-order chi connectivity index (χ0) is 15.2. The quantitative estimate of drug-likeness (QED) is 0.835. The van der Waals surface area contributed by atoms with Crippen LogP contribution in [0.25, 0.3) is 0 Å². The van der Waals surface area contributed by atoms with Gasteiger partial charge in [-0.05, 0) is 26.5 Å². The largest absolute Gasteiger partial charge is 0.298 e. The Hall–Kier alpha value is -1.51. The molecule has 0 aliphatic carbocycles. The van der Waals surface area contributed by atoms with Crippen LogP contribution in [-0.2, 0) is 5.54 Å². The molecule has 0 aliphatic heterocycles. The molecule has 0 aromatic heterocycles. The summed E-state index contributed by atoms with van der Waals surface area (Å²) in [6, 6.07) is 11.6. The molecule has 0 radical (unpaired) electrons. The number of hydrogen-bond donors (Lipinski definition) is 1. The number of nitrogens with zero attached hydrogens (tertiary/aromatic N) is 2. The van der Waals surface area contributed by atoms with Gasteiger partial charge < -0.3 is 0 Å². The Balaban J connectivity index is 3.04. The fourth-order valence-electron chi connectivity index (χ4n) is 2.27. The highest BCUT2D eigenvalue weighted by molar-refractivity contribution is 5.32. The third-order valence-electron chi connectivity index (χ3n) is 2.95. The third-order valence-corrected chi connectivity index (χ3v) is 2.95. The van der Waals surface area contributed by atoms with Crippen LogP contribution in [0.1, 0.15) is 19.4 Å². The van der Waals surface area contributed by atoms with E-state index in [1.54, 1.807) is 7.05 Å². The molecule has 5 heteroatoms. The van der Waals surface area contributed by atoms with E-state index < -0.39 is 12.0 Å². The van der Waals surface area contributed by atoms with E-state index in [0.717, 1.165) is 5.56 Å². The molecule has 1 unspecified atom stereocenters. The summed E-state index contributed by atoms with van der Waals surface area (Å²) in [5.41, 5.74) is -0.198. The van der Waals surface area contributed by atoms with Crippen LogP contribution in [0, 0.1) is 11.3 Å².